The highest BCUT2D eigenvalue weighted by atomic mass is 32.1. The number of likely N-dealkylation sites (tertiary alicyclic amines) is 1. The van der Waals surface area contributed by atoms with Crippen LogP contribution in [0.1, 0.15) is 22.8 Å². The summed E-state index contributed by atoms with van der Waals surface area (Å²) in [5.74, 6) is 0.605. The van der Waals surface area contributed by atoms with Crippen molar-refractivity contribution in [2.24, 2.45) is 5.73 Å². The fraction of sp³-hybridized carbons (Fsp3) is 0.667. The lowest BCUT2D eigenvalue weighted by Crippen LogP contribution is -2.43. The third-order valence-corrected chi connectivity index (χ3v) is 4.71. The molecular formula is C12H18N2OS. The molecule has 0 aromatic carbocycles. The number of piperidine rings is 1. The Balaban J connectivity index is 1.80. The van der Waals surface area contributed by atoms with Gasteiger partial charge in [0, 0.05) is 41.9 Å². The van der Waals surface area contributed by atoms with Crippen LogP contribution < -0.4 is 10.5 Å². The lowest BCUT2D eigenvalue weighted by Gasteiger charge is -2.33. The molecule has 4 heteroatoms. The van der Waals surface area contributed by atoms with Crippen LogP contribution in [-0.2, 0) is 6.42 Å². The van der Waals surface area contributed by atoms with Crippen molar-refractivity contribution in [2.75, 3.05) is 26.7 Å². The van der Waals surface area contributed by atoms with E-state index in [1.807, 2.05) is 11.3 Å². The summed E-state index contributed by atoms with van der Waals surface area (Å²) in [6.07, 6.45) is 2.20. The Labute approximate surface area is 100 Å². The fourth-order valence-electron chi connectivity index (χ4n) is 2.76. The number of likely N-dealkylation sites (N-methyl/N-ethyl adjacent to an activating group) is 1. The molecule has 1 fully saturated rings. The van der Waals surface area contributed by atoms with Gasteiger partial charge in [-0.2, -0.15) is 0 Å². The highest BCUT2D eigenvalue weighted by molar-refractivity contribution is 7.14. The maximum absolute atomic E-state index is 6.08. The smallest absolute Gasteiger partial charge is 0.177 e. The van der Waals surface area contributed by atoms with Crippen molar-refractivity contribution in [3.63, 3.8) is 0 Å². The number of thiophene rings is 1. The van der Waals surface area contributed by atoms with Crippen molar-refractivity contribution < 1.29 is 4.74 Å². The predicted octanol–water partition coefficient (Wildman–Crippen LogP) is 1.43. The first-order valence-corrected chi connectivity index (χ1v) is 6.73. The standard InChI is InChI=1S/C12H18N2OS/c1-14-6-9(4-10(13)7-14)11-5-8-2-3-15-12(8)16-11/h5,9-10H,2-4,6-7,13H2,1H3. The van der Waals surface area contributed by atoms with Crippen LogP contribution in [-0.4, -0.2) is 37.7 Å². The number of rotatable bonds is 1. The first-order valence-electron chi connectivity index (χ1n) is 5.92. The zero-order chi connectivity index (χ0) is 11.1. The Morgan fingerprint density at radius 3 is 3.12 bits per heavy atom. The zero-order valence-corrected chi connectivity index (χ0v) is 10.4. The minimum atomic E-state index is 0.321. The molecule has 0 saturated carbocycles. The third-order valence-electron chi connectivity index (χ3n) is 3.46. The second kappa shape index (κ2) is 4.02. The quantitative estimate of drug-likeness (QED) is 0.804. The van der Waals surface area contributed by atoms with Crippen molar-refractivity contribution in [1.29, 1.82) is 0 Å². The molecule has 2 aliphatic heterocycles. The average molecular weight is 238 g/mol. The molecule has 2 unspecified atom stereocenters. The number of nitrogens with two attached hydrogens (primary N) is 1. The molecule has 0 spiro atoms. The van der Waals surface area contributed by atoms with E-state index in [4.69, 9.17) is 10.5 Å². The minimum absolute atomic E-state index is 0.321. The summed E-state index contributed by atoms with van der Waals surface area (Å²) in [6, 6.07) is 2.66. The maximum atomic E-state index is 6.08. The normalized spacial score (nSPS) is 30.1. The second-order valence-electron chi connectivity index (χ2n) is 4.97. The van der Waals surface area contributed by atoms with Crippen LogP contribution >= 0.6 is 11.3 Å². The van der Waals surface area contributed by atoms with Gasteiger partial charge < -0.3 is 15.4 Å². The molecule has 3 rings (SSSR count). The van der Waals surface area contributed by atoms with Crippen LogP contribution in [0.4, 0.5) is 0 Å². The molecule has 2 N–H and O–H groups in total. The number of ether oxygens (including phenoxy) is 1. The van der Waals surface area contributed by atoms with E-state index in [1.165, 1.54) is 10.4 Å². The Hall–Kier alpha value is -0.580. The summed E-state index contributed by atoms with van der Waals surface area (Å²) in [6.45, 7) is 3.02. The zero-order valence-electron chi connectivity index (χ0n) is 9.61. The molecule has 1 aromatic heterocycles. The second-order valence-corrected chi connectivity index (χ2v) is 6.02. The largest absolute Gasteiger partial charge is 0.483 e. The van der Waals surface area contributed by atoms with Crippen molar-refractivity contribution >= 4 is 11.3 Å². The van der Waals surface area contributed by atoms with Crippen molar-refractivity contribution in [3.8, 4) is 5.06 Å². The summed E-state index contributed by atoms with van der Waals surface area (Å²) < 4.78 is 5.60. The molecule has 0 amide bonds. The molecule has 0 bridgehead atoms. The van der Waals surface area contributed by atoms with Gasteiger partial charge in [0.2, 0.25) is 0 Å². The van der Waals surface area contributed by atoms with Crippen molar-refractivity contribution in [3.05, 3.63) is 16.5 Å². The average Bonchev–Trinajstić information content (AvgIpc) is 2.74. The SMILES string of the molecule is CN1CC(N)CC(c2cc3c(s2)OCC3)C1. The molecule has 3 heterocycles. The van der Waals surface area contributed by atoms with Crippen molar-refractivity contribution in [2.45, 2.75) is 24.8 Å². The summed E-state index contributed by atoms with van der Waals surface area (Å²) in [4.78, 5) is 3.80. The molecule has 88 valence electrons. The van der Waals surface area contributed by atoms with Gasteiger partial charge in [-0.1, -0.05) is 0 Å². The summed E-state index contributed by atoms with van der Waals surface area (Å²) in [7, 11) is 2.16. The molecule has 3 nitrogen and oxygen atoms in total. The molecule has 2 aliphatic rings. The monoisotopic (exact) mass is 238 g/mol. The fourth-order valence-corrected chi connectivity index (χ4v) is 3.94. The third kappa shape index (κ3) is 1.85. The molecule has 16 heavy (non-hydrogen) atoms. The molecule has 1 aromatic rings. The van der Waals surface area contributed by atoms with Crippen LogP contribution in [0.2, 0.25) is 0 Å². The van der Waals surface area contributed by atoms with Gasteiger partial charge >= 0.3 is 0 Å². The summed E-state index contributed by atoms with van der Waals surface area (Å²) in [5.41, 5.74) is 7.48. The Kier molecular flexibility index (Phi) is 2.65. The van der Waals surface area contributed by atoms with E-state index in [0.29, 0.717) is 12.0 Å². The van der Waals surface area contributed by atoms with Crippen molar-refractivity contribution in [1.82, 2.24) is 4.90 Å². The van der Waals surface area contributed by atoms with E-state index in [0.717, 1.165) is 37.6 Å². The molecule has 1 saturated heterocycles. The number of fused-ring (bicyclic) bond motifs is 1. The van der Waals surface area contributed by atoms with Gasteiger partial charge in [-0.05, 0) is 19.5 Å². The lowest BCUT2D eigenvalue weighted by molar-refractivity contribution is 0.228. The van der Waals surface area contributed by atoms with E-state index in [-0.39, 0.29) is 0 Å². The van der Waals surface area contributed by atoms with E-state index in [9.17, 15) is 0 Å². The van der Waals surface area contributed by atoms with Gasteiger partial charge in [0.15, 0.2) is 5.06 Å². The highest BCUT2D eigenvalue weighted by Gasteiger charge is 2.27. The molecular weight excluding hydrogens is 220 g/mol. The van der Waals surface area contributed by atoms with Crippen LogP contribution in [0, 0.1) is 0 Å². The first-order chi connectivity index (χ1) is 7.72. The molecule has 2 atom stereocenters. The lowest BCUT2D eigenvalue weighted by atomic mass is 9.93. The summed E-state index contributed by atoms with van der Waals surface area (Å²) in [5, 5.41) is 1.15. The Morgan fingerprint density at radius 2 is 2.38 bits per heavy atom. The topological polar surface area (TPSA) is 38.5 Å². The Bertz CT molecular complexity index is 359. The van der Waals surface area contributed by atoms with Gasteiger partial charge in [0.1, 0.15) is 0 Å². The predicted molar refractivity (Wildman–Crippen MR) is 66.3 cm³/mol. The number of hydrogen-bond acceptors (Lipinski definition) is 4. The van der Waals surface area contributed by atoms with Crippen LogP contribution in [0.5, 0.6) is 5.06 Å². The highest BCUT2D eigenvalue weighted by Crippen LogP contribution is 2.40. The Morgan fingerprint density at radius 1 is 1.50 bits per heavy atom. The van der Waals surface area contributed by atoms with Gasteiger partial charge in [-0.15, -0.1) is 11.3 Å². The van der Waals surface area contributed by atoms with Crippen LogP contribution in [0.15, 0.2) is 6.07 Å². The van der Waals surface area contributed by atoms with Gasteiger partial charge in [0.25, 0.3) is 0 Å². The minimum Gasteiger partial charge on any atom is -0.483 e. The number of nitrogens with zero attached hydrogens (tertiary/aromatic N) is 1. The van der Waals surface area contributed by atoms with Crippen LogP contribution in [0.25, 0.3) is 0 Å². The van der Waals surface area contributed by atoms with E-state index in [2.05, 4.69) is 18.0 Å². The van der Waals surface area contributed by atoms with Gasteiger partial charge in [-0.25, -0.2) is 0 Å². The summed E-state index contributed by atoms with van der Waals surface area (Å²) >= 11 is 1.83. The number of hydrogen-bond donors (Lipinski definition) is 1. The van der Waals surface area contributed by atoms with Crippen LogP contribution in [0.3, 0.4) is 0 Å². The van der Waals surface area contributed by atoms with Gasteiger partial charge in [-0.3, -0.25) is 0 Å². The van der Waals surface area contributed by atoms with E-state index >= 15 is 0 Å². The molecule has 0 aliphatic carbocycles. The maximum Gasteiger partial charge on any atom is 0.177 e. The van der Waals surface area contributed by atoms with E-state index < -0.39 is 0 Å². The first kappa shape index (κ1) is 10.6. The molecule has 0 radical (unpaired) electrons. The van der Waals surface area contributed by atoms with E-state index in [1.54, 1.807) is 0 Å². The van der Waals surface area contributed by atoms with Gasteiger partial charge in [0.05, 0.1) is 6.61 Å².